The maximum atomic E-state index is 12.2. The molecule has 114 valence electrons. The number of nitrogens with zero attached hydrogens (tertiary/aromatic N) is 3. The molecule has 0 aliphatic carbocycles. The zero-order chi connectivity index (χ0) is 15.7. The Labute approximate surface area is 135 Å². The Hall–Kier alpha value is -1.96. The monoisotopic (exact) mass is 338 g/mol. The predicted molar refractivity (Wildman–Crippen MR) is 81.7 cm³/mol. The minimum atomic E-state index is -0.290. The van der Waals surface area contributed by atoms with Crippen molar-refractivity contribution in [3.63, 3.8) is 0 Å². The summed E-state index contributed by atoms with van der Waals surface area (Å²) in [4.78, 5) is 17.1. The van der Waals surface area contributed by atoms with E-state index in [0.717, 1.165) is 4.88 Å². The molecule has 0 unspecified atom stereocenters. The number of thiazole rings is 1. The maximum absolute atomic E-state index is 12.2. The summed E-state index contributed by atoms with van der Waals surface area (Å²) in [6.45, 7) is 0.283. The van der Waals surface area contributed by atoms with Crippen LogP contribution in [0.2, 0.25) is 4.47 Å². The van der Waals surface area contributed by atoms with E-state index in [0.29, 0.717) is 16.7 Å². The zero-order valence-electron chi connectivity index (χ0n) is 11.7. The molecule has 3 heterocycles. The molecule has 22 heavy (non-hydrogen) atoms. The van der Waals surface area contributed by atoms with E-state index < -0.39 is 0 Å². The third-order valence-electron chi connectivity index (χ3n) is 3.20. The molecular weight excluding hydrogens is 326 g/mol. The minimum Gasteiger partial charge on any atom is -0.475 e. The van der Waals surface area contributed by atoms with E-state index in [9.17, 15) is 9.90 Å². The average molecular weight is 339 g/mol. The van der Waals surface area contributed by atoms with E-state index in [1.165, 1.54) is 18.4 Å². The number of rotatable bonds is 5. The van der Waals surface area contributed by atoms with Crippen molar-refractivity contribution in [2.24, 2.45) is 0 Å². The van der Waals surface area contributed by atoms with Gasteiger partial charge in [-0.1, -0.05) is 17.7 Å². The molecule has 0 bridgehead atoms. The lowest BCUT2D eigenvalue weighted by Gasteiger charge is -1.96. The summed E-state index contributed by atoms with van der Waals surface area (Å²) in [5.41, 5.74) is 0.900. The van der Waals surface area contributed by atoms with Gasteiger partial charge >= 0.3 is 5.88 Å². The largest absolute Gasteiger partial charge is 0.475 e. The van der Waals surface area contributed by atoms with Gasteiger partial charge in [-0.3, -0.25) is 4.79 Å². The lowest BCUT2D eigenvalue weighted by atomic mass is 10.3. The Morgan fingerprint density at radius 1 is 1.55 bits per heavy atom. The van der Waals surface area contributed by atoms with Crippen LogP contribution in [-0.4, -0.2) is 34.0 Å². The van der Waals surface area contributed by atoms with Crippen molar-refractivity contribution in [3.8, 4) is 5.88 Å². The van der Waals surface area contributed by atoms with E-state index in [2.05, 4.69) is 4.98 Å². The van der Waals surface area contributed by atoms with Gasteiger partial charge in [0.25, 0.3) is 11.3 Å². The number of aromatic nitrogens is 3. The maximum Gasteiger partial charge on any atom is 0.335 e. The van der Waals surface area contributed by atoms with Crippen molar-refractivity contribution in [2.75, 3.05) is 13.7 Å². The number of hydrogen-bond acceptors (Lipinski definition) is 5. The first-order valence-electron chi connectivity index (χ1n) is 6.46. The normalized spacial score (nSPS) is 11.2. The fourth-order valence-electron chi connectivity index (χ4n) is 2.31. The second-order valence-corrected chi connectivity index (χ2v) is 6.32. The third-order valence-corrected chi connectivity index (χ3v) is 4.30. The number of ketones is 1. The lowest BCUT2D eigenvalue weighted by molar-refractivity contribution is -0.667. The van der Waals surface area contributed by atoms with Gasteiger partial charge in [-0.25, -0.2) is 4.98 Å². The van der Waals surface area contributed by atoms with Crippen LogP contribution in [0.1, 0.15) is 15.4 Å². The molecule has 0 aliphatic heterocycles. The summed E-state index contributed by atoms with van der Waals surface area (Å²) in [7, 11) is 1.44. The second-order valence-electron chi connectivity index (χ2n) is 4.62. The summed E-state index contributed by atoms with van der Waals surface area (Å²) in [6.07, 6.45) is 3.39. The van der Waals surface area contributed by atoms with Gasteiger partial charge in [-0.2, -0.15) is 8.97 Å². The van der Waals surface area contributed by atoms with Crippen molar-refractivity contribution in [1.82, 2.24) is 9.38 Å². The van der Waals surface area contributed by atoms with Gasteiger partial charge in [-0.05, 0) is 6.07 Å². The number of methoxy groups -OCH3 is 1. The number of Topliss-reactive ketones (excluding diaryl/α,β-unsaturated/α-hetero) is 1. The van der Waals surface area contributed by atoms with Crippen LogP contribution in [0.5, 0.6) is 5.88 Å². The Morgan fingerprint density at radius 3 is 3.05 bits per heavy atom. The van der Waals surface area contributed by atoms with E-state index in [4.69, 9.17) is 16.3 Å². The van der Waals surface area contributed by atoms with Crippen molar-refractivity contribution >= 4 is 34.4 Å². The number of aromatic hydroxyl groups is 1. The molecule has 0 amide bonds. The summed E-state index contributed by atoms with van der Waals surface area (Å²) in [5, 5.41) is 10.5. The highest BCUT2D eigenvalue weighted by atomic mass is 35.5. The fourth-order valence-corrected chi connectivity index (χ4v) is 3.28. The van der Waals surface area contributed by atoms with Crippen molar-refractivity contribution in [3.05, 3.63) is 45.6 Å². The van der Waals surface area contributed by atoms with Crippen LogP contribution in [0.3, 0.4) is 0 Å². The molecule has 0 saturated carbocycles. The van der Waals surface area contributed by atoms with Gasteiger partial charge < -0.3 is 9.84 Å². The van der Waals surface area contributed by atoms with Gasteiger partial charge in [0.2, 0.25) is 5.78 Å². The van der Waals surface area contributed by atoms with E-state index in [1.54, 1.807) is 27.4 Å². The molecule has 0 fully saturated rings. The highest BCUT2D eigenvalue weighted by Crippen LogP contribution is 2.21. The number of pyridine rings is 1. The van der Waals surface area contributed by atoms with Crippen LogP contribution in [0.25, 0.3) is 5.65 Å². The number of imidazole rings is 1. The molecule has 0 saturated heterocycles. The number of hydrogen-bond donors (Lipinski definition) is 1. The summed E-state index contributed by atoms with van der Waals surface area (Å²) >= 11 is 7.17. The SMILES string of the molecule is COCC(=O)c1c(O)[n+](Cc2cnc(Cl)s2)c2ccccn12. The van der Waals surface area contributed by atoms with Crippen LogP contribution in [-0.2, 0) is 11.3 Å². The van der Waals surface area contributed by atoms with Gasteiger partial charge in [0.1, 0.15) is 13.2 Å². The third kappa shape index (κ3) is 2.58. The zero-order valence-corrected chi connectivity index (χ0v) is 13.3. The first-order chi connectivity index (χ1) is 10.6. The predicted octanol–water partition coefficient (Wildman–Crippen LogP) is 1.92. The molecule has 1 N–H and O–H groups in total. The van der Waals surface area contributed by atoms with Crippen molar-refractivity contribution < 1.29 is 19.2 Å². The molecule has 6 nitrogen and oxygen atoms in total. The van der Waals surface area contributed by atoms with Crippen molar-refractivity contribution in [2.45, 2.75) is 6.54 Å². The average Bonchev–Trinajstić information content (AvgIpc) is 3.02. The van der Waals surface area contributed by atoms with Crippen LogP contribution < -0.4 is 4.57 Å². The molecule has 0 aliphatic rings. The van der Waals surface area contributed by atoms with Gasteiger partial charge in [0.05, 0.1) is 11.1 Å². The Morgan fingerprint density at radius 2 is 2.36 bits per heavy atom. The first-order valence-corrected chi connectivity index (χ1v) is 7.65. The molecule has 3 rings (SSSR count). The number of ether oxygens (including phenoxy) is 1. The van der Waals surface area contributed by atoms with Crippen LogP contribution >= 0.6 is 22.9 Å². The second kappa shape index (κ2) is 6.04. The lowest BCUT2D eigenvalue weighted by Crippen LogP contribution is -2.33. The molecule has 3 aromatic heterocycles. The molecule has 0 spiro atoms. The molecule has 0 aromatic carbocycles. The van der Waals surface area contributed by atoms with E-state index in [1.807, 2.05) is 12.1 Å². The summed E-state index contributed by atoms with van der Waals surface area (Å²) < 4.78 is 8.62. The quantitative estimate of drug-likeness (QED) is 0.570. The van der Waals surface area contributed by atoms with E-state index in [-0.39, 0.29) is 24.0 Å². The van der Waals surface area contributed by atoms with E-state index >= 15 is 0 Å². The highest BCUT2D eigenvalue weighted by molar-refractivity contribution is 7.15. The summed E-state index contributed by atoms with van der Waals surface area (Å²) in [6, 6.07) is 5.46. The standard InChI is InChI=1S/C14H12ClN3O3S/c1-21-8-10(19)12-13(20)18(7-9-6-16-14(15)22-9)11-4-2-3-5-17(11)12/h2-6H,7-8H2,1H3/p+1. The molecule has 8 heteroatoms. The topological polar surface area (TPSA) is 67.7 Å². The smallest absolute Gasteiger partial charge is 0.335 e. The van der Waals surface area contributed by atoms with Crippen LogP contribution in [0, 0.1) is 0 Å². The number of carbonyl (C=O) groups excluding carboxylic acids is 1. The van der Waals surface area contributed by atoms with Crippen LogP contribution in [0.15, 0.2) is 30.6 Å². The van der Waals surface area contributed by atoms with Crippen molar-refractivity contribution in [1.29, 1.82) is 0 Å². The minimum absolute atomic E-state index is 0.0963. The number of fused-ring (bicyclic) bond motifs is 1. The Balaban J connectivity index is 2.13. The summed E-state index contributed by atoms with van der Waals surface area (Å²) in [5.74, 6) is -0.389. The number of halogens is 1. The first kappa shape index (κ1) is 15.0. The van der Waals surface area contributed by atoms with Gasteiger partial charge in [0.15, 0.2) is 4.47 Å². The fraction of sp³-hybridized carbons (Fsp3) is 0.214. The Kier molecular flexibility index (Phi) is 4.10. The van der Waals surface area contributed by atoms with Crippen LogP contribution in [0.4, 0.5) is 0 Å². The molecular formula is C14H13ClN3O3S+. The molecule has 0 atom stereocenters. The van der Waals surface area contributed by atoms with Gasteiger partial charge in [-0.15, -0.1) is 11.3 Å². The van der Waals surface area contributed by atoms with Gasteiger partial charge in [0, 0.05) is 19.4 Å². The number of carbonyl (C=O) groups is 1. The highest BCUT2D eigenvalue weighted by Gasteiger charge is 2.30. The molecule has 0 radical (unpaired) electrons. The Bertz CT molecular complexity index is 843. The molecule has 3 aromatic rings.